The summed E-state index contributed by atoms with van der Waals surface area (Å²) >= 11 is 0. The van der Waals surface area contributed by atoms with Crippen LogP contribution in [-0.2, 0) is 4.79 Å². The number of aliphatic hydroxyl groups excluding tert-OH is 1. The molecule has 1 fully saturated rings. The van der Waals surface area contributed by atoms with Crippen LogP contribution in [0.15, 0.2) is 0 Å². The van der Waals surface area contributed by atoms with Gasteiger partial charge < -0.3 is 26.0 Å². The van der Waals surface area contributed by atoms with Crippen molar-refractivity contribution in [3.05, 3.63) is 0 Å². The molecule has 1 aliphatic rings. The number of carbonyl (C=O) groups excluding carboxylic acids is 1. The van der Waals surface area contributed by atoms with Crippen LogP contribution in [0.25, 0.3) is 0 Å². The van der Waals surface area contributed by atoms with Gasteiger partial charge in [-0.1, -0.05) is 0 Å². The Morgan fingerprint density at radius 1 is 1.62 bits per heavy atom. The summed E-state index contributed by atoms with van der Waals surface area (Å²) in [6, 6.07) is -1.41. The van der Waals surface area contributed by atoms with E-state index in [4.69, 9.17) is 15.3 Å². The fraction of sp³-hybridized carbons (Fsp3) is 0.667. The first-order chi connectivity index (χ1) is 6.00. The Morgan fingerprint density at radius 2 is 2.23 bits per heavy atom. The maximum Gasteiger partial charge on any atom is 0.405 e. The van der Waals surface area contributed by atoms with Crippen molar-refractivity contribution in [3.8, 4) is 0 Å². The minimum atomic E-state index is -1.55. The van der Waals surface area contributed by atoms with Gasteiger partial charge in [0.1, 0.15) is 6.04 Å². The van der Waals surface area contributed by atoms with E-state index >= 15 is 0 Å². The lowest BCUT2D eigenvalue weighted by atomic mass is 9.96. The zero-order chi connectivity index (χ0) is 10.0. The smallest absolute Gasteiger partial charge is 0.405 e. The summed E-state index contributed by atoms with van der Waals surface area (Å²) in [4.78, 5) is 20.9. The Kier molecular flexibility index (Phi) is 2.69. The van der Waals surface area contributed by atoms with Gasteiger partial charge in [-0.2, -0.15) is 0 Å². The molecule has 1 aliphatic heterocycles. The minimum absolute atomic E-state index is 0.0866. The van der Waals surface area contributed by atoms with Crippen molar-refractivity contribution < 1.29 is 24.9 Å². The van der Waals surface area contributed by atoms with Crippen LogP contribution < -0.4 is 10.6 Å². The van der Waals surface area contributed by atoms with Gasteiger partial charge in [-0.05, 0) is 0 Å². The van der Waals surface area contributed by atoms with Crippen molar-refractivity contribution in [1.82, 2.24) is 10.6 Å². The van der Waals surface area contributed by atoms with E-state index in [1.807, 2.05) is 5.32 Å². The molecule has 0 aromatic rings. The lowest BCUT2D eigenvalue weighted by Gasteiger charge is -2.36. The average Bonchev–Trinajstić information content (AvgIpc) is 1.99. The van der Waals surface area contributed by atoms with Crippen molar-refractivity contribution in [3.63, 3.8) is 0 Å². The Hall–Kier alpha value is -1.34. The lowest BCUT2D eigenvalue weighted by Crippen LogP contribution is -2.69. The Labute approximate surface area is 73.4 Å². The highest BCUT2D eigenvalue weighted by atomic mass is 16.5. The topological polar surface area (TPSA) is 119 Å². The van der Waals surface area contributed by atoms with Crippen molar-refractivity contribution in [2.75, 3.05) is 0 Å². The highest BCUT2D eigenvalue weighted by molar-refractivity contribution is 5.91. The summed E-state index contributed by atoms with van der Waals surface area (Å²) < 4.78 is 0. The van der Waals surface area contributed by atoms with E-state index < -0.39 is 30.4 Å². The molecule has 2 atom stereocenters. The first-order valence-corrected chi connectivity index (χ1v) is 3.66. The summed E-state index contributed by atoms with van der Waals surface area (Å²) in [5.74, 6) is -0.451. The number of carbonyl (C=O) groups is 2. The molecule has 13 heavy (non-hydrogen) atoms. The van der Waals surface area contributed by atoms with Gasteiger partial charge in [0.2, 0.25) is 5.91 Å². The number of carboxylic acid groups (broad SMARTS) is 1. The van der Waals surface area contributed by atoms with Gasteiger partial charge >= 0.3 is 6.09 Å². The van der Waals surface area contributed by atoms with Gasteiger partial charge in [-0.3, -0.25) is 4.79 Å². The third kappa shape index (κ3) is 2.30. The summed E-state index contributed by atoms with van der Waals surface area (Å²) in [5.41, 5.74) is 0. The SMILES string of the molecule is O=C(O)NC1C(=O)N[C@@H]1CC(O)O. The maximum atomic E-state index is 10.8. The van der Waals surface area contributed by atoms with Crippen LogP contribution >= 0.6 is 0 Å². The van der Waals surface area contributed by atoms with E-state index in [9.17, 15) is 9.59 Å². The van der Waals surface area contributed by atoms with Crippen molar-refractivity contribution in [2.45, 2.75) is 24.8 Å². The van der Waals surface area contributed by atoms with Gasteiger partial charge in [0.15, 0.2) is 6.29 Å². The second-order valence-electron chi connectivity index (χ2n) is 2.76. The molecule has 0 aromatic heterocycles. The molecule has 0 spiro atoms. The van der Waals surface area contributed by atoms with Crippen LogP contribution in [0.5, 0.6) is 0 Å². The third-order valence-corrected chi connectivity index (χ3v) is 1.76. The van der Waals surface area contributed by atoms with E-state index in [2.05, 4.69) is 5.32 Å². The monoisotopic (exact) mass is 190 g/mol. The summed E-state index contributed by atoms with van der Waals surface area (Å²) in [7, 11) is 0. The molecule has 1 heterocycles. The second-order valence-corrected chi connectivity index (χ2v) is 2.76. The summed E-state index contributed by atoms with van der Waals surface area (Å²) in [5, 5.41) is 29.7. The largest absolute Gasteiger partial charge is 0.465 e. The molecule has 5 N–H and O–H groups in total. The standard InChI is InChI=1S/C6H10N2O5/c9-3(10)1-2-4(5(11)7-2)8-6(12)13/h2-4,8-10H,1H2,(H,7,11)(H,12,13)/t2-,4?/m1/s1. The molecule has 0 bridgehead atoms. The zero-order valence-electron chi connectivity index (χ0n) is 6.60. The number of hydrogen-bond donors (Lipinski definition) is 5. The highest BCUT2D eigenvalue weighted by Crippen LogP contribution is 2.11. The van der Waals surface area contributed by atoms with Gasteiger partial charge in [0.05, 0.1) is 6.04 Å². The lowest BCUT2D eigenvalue weighted by molar-refractivity contribution is -0.134. The molecule has 7 heteroatoms. The quantitative estimate of drug-likeness (QED) is 0.256. The molecular formula is C6H10N2O5. The number of hydrogen-bond acceptors (Lipinski definition) is 4. The van der Waals surface area contributed by atoms with Crippen molar-refractivity contribution in [2.24, 2.45) is 0 Å². The molecular weight excluding hydrogens is 180 g/mol. The van der Waals surface area contributed by atoms with Gasteiger partial charge in [-0.25, -0.2) is 4.79 Å². The number of aliphatic hydroxyl groups is 2. The maximum absolute atomic E-state index is 10.8. The van der Waals surface area contributed by atoms with E-state index in [0.717, 1.165) is 0 Å². The Morgan fingerprint density at radius 3 is 2.62 bits per heavy atom. The van der Waals surface area contributed by atoms with Crippen molar-refractivity contribution >= 4 is 12.0 Å². The number of rotatable bonds is 3. The normalized spacial score (nSPS) is 26.5. The molecule has 0 radical (unpaired) electrons. The van der Waals surface area contributed by atoms with Crippen LogP contribution in [0.4, 0.5) is 4.79 Å². The number of nitrogens with one attached hydrogen (secondary N) is 2. The Bertz CT molecular complexity index is 229. The molecule has 2 amide bonds. The predicted octanol–water partition coefficient (Wildman–Crippen LogP) is -2.18. The number of β-lactam (4-membered cyclic amide) rings is 1. The first kappa shape index (κ1) is 9.75. The van der Waals surface area contributed by atoms with Crippen LogP contribution in [0, 0.1) is 0 Å². The second kappa shape index (κ2) is 3.58. The van der Waals surface area contributed by atoms with Crippen LogP contribution in [0.1, 0.15) is 6.42 Å². The van der Waals surface area contributed by atoms with Gasteiger partial charge in [0, 0.05) is 6.42 Å². The Balaban J connectivity index is 2.41. The third-order valence-electron chi connectivity index (χ3n) is 1.76. The van der Waals surface area contributed by atoms with E-state index in [-0.39, 0.29) is 6.42 Å². The molecule has 7 nitrogen and oxygen atoms in total. The molecule has 0 saturated carbocycles. The van der Waals surface area contributed by atoms with Crippen LogP contribution in [0.2, 0.25) is 0 Å². The number of amides is 2. The van der Waals surface area contributed by atoms with E-state index in [0.29, 0.717) is 0 Å². The molecule has 74 valence electrons. The highest BCUT2D eigenvalue weighted by Gasteiger charge is 2.40. The summed E-state index contributed by atoms with van der Waals surface area (Å²) in [6.45, 7) is 0. The first-order valence-electron chi connectivity index (χ1n) is 3.66. The molecule has 1 unspecified atom stereocenters. The molecule has 0 aliphatic carbocycles. The predicted molar refractivity (Wildman–Crippen MR) is 39.7 cm³/mol. The fourth-order valence-electron chi connectivity index (χ4n) is 1.16. The minimum Gasteiger partial charge on any atom is -0.465 e. The molecule has 1 saturated heterocycles. The average molecular weight is 190 g/mol. The van der Waals surface area contributed by atoms with Crippen molar-refractivity contribution in [1.29, 1.82) is 0 Å². The van der Waals surface area contributed by atoms with Gasteiger partial charge in [0.25, 0.3) is 0 Å². The van der Waals surface area contributed by atoms with Crippen LogP contribution in [0.3, 0.4) is 0 Å². The van der Waals surface area contributed by atoms with Gasteiger partial charge in [-0.15, -0.1) is 0 Å². The summed E-state index contributed by atoms with van der Waals surface area (Å²) in [6.07, 6.45) is -2.95. The fourth-order valence-corrected chi connectivity index (χ4v) is 1.16. The van der Waals surface area contributed by atoms with E-state index in [1.165, 1.54) is 0 Å². The van der Waals surface area contributed by atoms with Crippen LogP contribution in [-0.4, -0.2) is 45.7 Å². The van der Waals surface area contributed by atoms with E-state index in [1.54, 1.807) is 0 Å². The zero-order valence-corrected chi connectivity index (χ0v) is 6.60. The molecule has 1 rings (SSSR count). The molecule has 0 aromatic carbocycles.